The number of amides is 1. The molecule has 4 rings (SSSR count). The van der Waals surface area contributed by atoms with Crippen LogP contribution in [0, 0.1) is 5.82 Å². The smallest absolute Gasteiger partial charge is 0.252 e. The van der Waals surface area contributed by atoms with Gasteiger partial charge in [-0.1, -0.05) is 23.5 Å². The summed E-state index contributed by atoms with van der Waals surface area (Å²) in [7, 11) is 0. The van der Waals surface area contributed by atoms with E-state index in [-0.39, 0.29) is 11.7 Å². The van der Waals surface area contributed by atoms with Crippen molar-refractivity contribution in [2.24, 2.45) is 0 Å². The number of carbonyl (C=O) groups excluding carboxylic acids is 1. The van der Waals surface area contributed by atoms with E-state index >= 15 is 0 Å². The zero-order valence-corrected chi connectivity index (χ0v) is 16.8. The van der Waals surface area contributed by atoms with Crippen LogP contribution in [0.1, 0.15) is 4.88 Å². The molecule has 0 N–H and O–H groups in total. The number of para-hydroxylation sites is 1. The Balaban J connectivity index is 1.57. The van der Waals surface area contributed by atoms with E-state index in [1.54, 1.807) is 28.4 Å². The average Bonchev–Trinajstić information content (AvgIpc) is 3.38. The van der Waals surface area contributed by atoms with Gasteiger partial charge in [-0.15, -0.1) is 11.3 Å². The summed E-state index contributed by atoms with van der Waals surface area (Å²) in [6, 6.07) is 8.78. The molecule has 1 saturated heterocycles. The van der Waals surface area contributed by atoms with Gasteiger partial charge in [0.15, 0.2) is 5.13 Å². The van der Waals surface area contributed by atoms with Crippen LogP contribution in [-0.4, -0.2) is 55.2 Å². The third-order valence-corrected chi connectivity index (χ3v) is 6.41. The van der Waals surface area contributed by atoms with Crippen LogP contribution < -0.4 is 4.90 Å². The van der Waals surface area contributed by atoms with Gasteiger partial charge in [0, 0.05) is 37.1 Å². The number of morpholine rings is 1. The molecule has 3 aromatic rings. The number of ether oxygens (including phenoxy) is 1. The number of thiophene rings is 1. The van der Waals surface area contributed by atoms with Gasteiger partial charge in [-0.05, 0) is 29.7 Å². The molecule has 1 aliphatic rings. The first-order valence-electron chi connectivity index (χ1n) is 9.09. The Kier molecular flexibility index (Phi) is 6.11. The van der Waals surface area contributed by atoms with E-state index < -0.39 is 0 Å². The molecule has 0 saturated carbocycles. The molecule has 0 aliphatic carbocycles. The van der Waals surface area contributed by atoms with Gasteiger partial charge in [0.1, 0.15) is 11.3 Å². The Morgan fingerprint density at radius 2 is 2.14 bits per heavy atom. The molecule has 5 nitrogen and oxygen atoms in total. The number of anilines is 1. The monoisotopic (exact) mass is 417 g/mol. The Labute approximate surface area is 170 Å². The lowest BCUT2D eigenvalue weighted by Crippen LogP contribution is -2.42. The standard InChI is InChI=1S/C20H20FN3O2S2/c21-16-4-1-5-17-19(16)22-20(28-17)24(9-8-23-10-12-26-13-11-23)18(25)7-6-15-3-2-14-27-15/h1-7,14H,8-13H2/b7-6+. The number of aromatic nitrogens is 1. The molecule has 0 spiro atoms. The summed E-state index contributed by atoms with van der Waals surface area (Å²) in [5.41, 5.74) is 0.314. The maximum Gasteiger partial charge on any atom is 0.252 e. The van der Waals surface area contributed by atoms with E-state index in [1.165, 1.54) is 17.4 Å². The van der Waals surface area contributed by atoms with E-state index in [9.17, 15) is 9.18 Å². The minimum absolute atomic E-state index is 0.152. The molecule has 1 amide bonds. The predicted octanol–water partition coefficient (Wildman–Crippen LogP) is 3.88. The predicted molar refractivity (Wildman–Crippen MR) is 113 cm³/mol. The van der Waals surface area contributed by atoms with Crippen LogP contribution in [0.3, 0.4) is 0 Å². The summed E-state index contributed by atoms with van der Waals surface area (Å²) in [6.07, 6.45) is 3.37. The second kappa shape index (κ2) is 8.91. The number of rotatable bonds is 6. The molecule has 0 bridgehead atoms. The molecule has 1 aliphatic heterocycles. The molecule has 1 aromatic carbocycles. The summed E-state index contributed by atoms with van der Waals surface area (Å²) in [5.74, 6) is -0.518. The number of carbonyl (C=O) groups is 1. The quantitative estimate of drug-likeness (QED) is 0.571. The summed E-state index contributed by atoms with van der Waals surface area (Å²) in [4.78, 5) is 22.3. The maximum absolute atomic E-state index is 14.1. The Bertz CT molecular complexity index is 965. The van der Waals surface area contributed by atoms with E-state index in [0.717, 1.165) is 29.2 Å². The molecule has 3 heterocycles. The van der Waals surface area contributed by atoms with Crippen molar-refractivity contribution in [2.75, 3.05) is 44.3 Å². The van der Waals surface area contributed by atoms with Gasteiger partial charge in [-0.25, -0.2) is 9.37 Å². The lowest BCUT2D eigenvalue weighted by atomic mass is 10.3. The fourth-order valence-corrected chi connectivity index (χ4v) is 4.64. The number of fused-ring (bicyclic) bond motifs is 1. The molecule has 0 radical (unpaired) electrons. The number of hydrogen-bond acceptors (Lipinski definition) is 6. The summed E-state index contributed by atoms with van der Waals surface area (Å²) < 4.78 is 20.2. The van der Waals surface area contributed by atoms with Gasteiger partial charge >= 0.3 is 0 Å². The van der Waals surface area contributed by atoms with Crippen LogP contribution in [0.25, 0.3) is 16.3 Å². The van der Waals surface area contributed by atoms with Gasteiger partial charge in [-0.3, -0.25) is 14.6 Å². The van der Waals surface area contributed by atoms with E-state index in [4.69, 9.17) is 4.74 Å². The molecule has 2 aromatic heterocycles. The van der Waals surface area contributed by atoms with Crippen molar-refractivity contribution in [3.8, 4) is 0 Å². The molecular weight excluding hydrogens is 397 g/mol. The second-order valence-corrected chi connectivity index (χ2v) is 8.36. The fraction of sp³-hybridized carbons (Fsp3) is 0.300. The highest BCUT2D eigenvalue weighted by Crippen LogP contribution is 2.30. The van der Waals surface area contributed by atoms with Crippen molar-refractivity contribution >= 4 is 50.0 Å². The fourth-order valence-electron chi connectivity index (χ4n) is 3.01. The largest absolute Gasteiger partial charge is 0.379 e. The number of nitrogens with zero attached hydrogens (tertiary/aromatic N) is 3. The van der Waals surface area contributed by atoms with Crippen LogP contribution in [0.4, 0.5) is 9.52 Å². The minimum Gasteiger partial charge on any atom is -0.379 e. The van der Waals surface area contributed by atoms with Crippen molar-refractivity contribution in [3.63, 3.8) is 0 Å². The summed E-state index contributed by atoms with van der Waals surface area (Å²) in [5, 5.41) is 2.49. The van der Waals surface area contributed by atoms with Crippen LogP contribution >= 0.6 is 22.7 Å². The van der Waals surface area contributed by atoms with E-state index in [2.05, 4.69) is 9.88 Å². The summed E-state index contributed by atoms with van der Waals surface area (Å²) in [6.45, 7) is 4.33. The molecule has 0 unspecified atom stereocenters. The first kappa shape index (κ1) is 19.2. The summed E-state index contributed by atoms with van der Waals surface area (Å²) >= 11 is 2.91. The second-order valence-electron chi connectivity index (χ2n) is 6.38. The minimum atomic E-state index is -0.366. The third-order valence-electron chi connectivity index (χ3n) is 4.53. The van der Waals surface area contributed by atoms with Crippen LogP contribution in [0.5, 0.6) is 0 Å². The Morgan fingerprint density at radius 3 is 2.89 bits per heavy atom. The zero-order valence-electron chi connectivity index (χ0n) is 15.2. The van der Waals surface area contributed by atoms with Gasteiger partial charge < -0.3 is 4.74 Å². The van der Waals surface area contributed by atoms with Crippen molar-refractivity contribution in [1.29, 1.82) is 0 Å². The highest BCUT2D eigenvalue weighted by molar-refractivity contribution is 7.22. The van der Waals surface area contributed by atoms with E-state index in [1.807, 2.05) is 29.7 Å². The van der Waals surface area contributed by atoms with Crippen molar-refractivity contribution < 1.29 is 13.9 Å². The van der Waals surface area contributed by atoms with E-state index in [0.29, 0.717) is 30.4 Å². The first-order chi connectivity index (χ1) is 13.7. The number of benzene rings is 1. The van der Waals surface area contributed by atoms with Gasteiger partial charge in [0.05, 0.1) is 17.9 Å². The SMILES string of the molecule is O=C(/C=C/c1cccs1)N(CCN1CCOCC1)c1nc2c(F)cccc2s1. The lowest BCUT2D eigenvalue weighted by molar-refractivity contribution is -0.114. The van der Waals surface area contributed by atoms with Gasteiger partial charge in [0.2, 0.25) is 0 Å². The average molecular weight is 418 g/mol. The van der Waals surface area contributed by atoms with Gasteiger partial charge in [0.25, 0.3) is 5.91 Å². The molecular formula is C20H20FN3O2S2. The molecule has 28 heavy (non-hydrogen) atoms. The maximum atomic E-state index is 14.1. The number of thiazole rings is 1. The number of halogens is 1. The Morgan fingerprint density at radius 1 is 1.29 bits per heavy atom. The van der Waals surface area contributed by atoms with Crippen molar-refractivity contribution in [2.45, 2.75) is 0 Å². The van der Waals surface area contributed by atoms with Gasteiger partial charge in [-0.2, -0.15) is 0 Å². The van der Waals surface area contributed by atoms with Crippen molar-refractivity contribution in [1.82, 2.24) is 9.88 Å². The van der Waals surface area contributed by atoms with Crippen molar-refractivity contribution in [3.05, 3.63) is 52.5 Å². The normalized spacial score (nSPS) is 15.5. The number of hydrogen-bond donors (Lipinski definition) is 0. The highest BCUT2D eigenvalue weighted by atomic mass is 32.1. The Hall–Kier alpha value is -2.13. The van der Waals surface area contributed by atoms with Crippen LogP contribution in [-0.2, 0) is 9.53 Å². The highest BCUT2D eigenvalue weighted by Gasteiger charge is 2.21. The zero-order chi connectivity index (χ0) is 19.3. The van der Waals surface area contributed by atoms with Crippen LogP contribution in [0.2, 0.25) is 0 Å². The molecule has 1 fully saturated rings. The molecule has 0 atom stereocenters. The molecule has 146 valence electrons. The van der Waals surface area contributed by atoms with Crippen LogP contribution in [0.15, 0.2) is 41.8 Å². The first-order valence-corrected chi connectivity index (χ1v) is 10.8. The molecule has 8 heteroatoms. The third kappa shape index (κ3) is 4.47. The lowest BCUT2D eigenvalue weighted by Gasteiger charge is -2.28. The topological polar surface area (TPSA) is 45.7 Å².